The first kappa shape index (κ1) is 42.3. The molecule has 3 heterocycles. The average molecular weight is 902 g/mol. The lowest BCUT2D eigenvalue weighted by molar-refractivity contribution is -0.143. The lowest BCUT2D eigenvalue weighted by Gasteiger charge is -2.24. The molecule has 2 fully saturated rings. The third kappa shape index (κ3) is 6.85. The first-order chi connectivity index (χ1) is 28.1. The number of hydrogen-bond acceptors (Lipinski definition) is 7. The van der Waals surface area contributed by atoms with Crippen molar-refractivity contribution in [1.29, 1.82) is 0 Å². The number of fused-ring (bicyclic) bond motifs is 2. The standard InChI is InChI=1S/C39H30ClF10N7O3S/c1-34(2,61(3,59)60)9-8-21-4-5-22(23-6-7-24(40)27-30(23)57(55-33(27)51)17-37(43,44)45)29(52-21)25(12-18-10-19(41)13-20(42)11-18)53-26(58)14-56-32-28(31(54-56)39(48,49)50)35-15-36(35,16-35)38(32,46)47/h4-7,10-11,13,25H,12,14-17H2,1-3H3,(H2,51,55)(H,53,58)/t25-,35?,36?/m0/s1. The van der Waals surface area contributed by atoms with Gasteiger partial charge < -0.3 is 11.1 Å². The molecule has 5 aromatic rings. The van der Waals surface area contributed by atoms with E-state index in [2.05, 4.69) is 32.3 Å². The molecule has 2 aromatic carbocycles. The third-order valence-electron chi connectivity index (χ3n) is 11.6. The molecule has 22 heteroatoms. The highest BCUT2D eigenvalue weighted by Gasteiger charge is 2.98. The molecule has 0 radical (unpaired) electrons. The number of carbonyl (C=O) groups is 1. The van der Waals surface area contributed by atoms with Crippen molar-refractivity contribution in [3.63, 3.8) is 0 Å². The fraction of sp³-hybridized carbons (Fsp3) is 0.385. The number of nitrogen functional groups attached to an aromatic ring is 1. The summed E-state index contributed by atoms with van der Waals surface area (Å²) in [5.74, 6) is -2.32. The molecular formula is C39H30ClF10N7O3S. The molecule has 8 rings (SSSR count). The van der Waals surface area contributed by atoms with Crippen LogP contribution >= 0.6 is 11.6 Å². The number of rotatable bonds is 9. The Hall–Kier alpha value is -5.36. The molecule has 1 atom stereocenters. The molecular weight excluding hydrogens is 872 g/mol. The van der Waals surface area contributed by atoms with Crippen molar-refractivity contribution in [3.05, 3.63) is 93.0 Å². The van der Waals surface area contributed by atoms with Crippen LogP contribution in [-0.4, -0.2) is 56.0 Å². The first-order valence-corrected chi connectivity index (χ1v) is 20.4. The Balaban J connectivity index is 1.30. The summed E-state index contributed by atoms with van der Waals surface area (Å²) in [6.07, 6.45) is -9.98. The lowest BCUT2D eigenvalue weighted by atomic mass is 9.93. The van der Waals surface area contributed by atoms with Crippen LogP contribution in [0.2, 0.25) is 5.02 Å². The molecule has 3 aliphatic carbocycles. The Morgan fingerprint density at radius 2 is 1.62 bits per heavy atom. The average Bonchev–Trinajstić information content (AvgIpc) is 3.81. The Kier molecular flexibility index (Phi) is 9.24. The smallest absolute Gasteiger partial charge is 0.382 e. The van der Waals surface area contributed by atoms with Crippen LogP contribution in [0.1, 0.15) is 66.6 Å². The second-order valence-electron chi connectivity index (χ2n) is 16.1. The summed E-state index contributed by atoms with van der Waals surface area (Å²) in [5, 5.41) is 9.55. The SMILES string of the molecule is CC(C)(C#Cc1ccc(-c2ccc(Cl)c3c(N)nn(CC(F)(F)F)c23)c([C@H](Cc2cc(F)cc(F)c2)NC(=O)Cn2nc(C(F)(F)F)c3c2C(F)(F)C24CC32C4)n1)S(C)(=O)=O. The number of amides is 1. The van der Waals surface area contributed by atoms with Gasteiger partial charge in [-0.1, -0.05) is 23.6 Å². The first-order valence-electron chi connectivity index (χ1n) is 18.2. The van der Waals surface area contributed by atoms with Crippen LogP contribution in [0, 0.1) is 28.9 Å². The van der Waals surface area contributed by atoms with Crippen LogP contribution in [0.5, 0.6) is 0 Å². The van der Waals surface area contributed by atoms with E-state index in [1.807, 2.05) is 0 Å². The molecule has 0 aliphatic heterocycles. The zero-order valence-corrected chi connectivity index (χ0v) is 33.3. The van der Waals surface area contributed by atoms with Crippen LogP contribution in [0.15, 0.2) is 42.5 Å². The van der Waals surface area contributed by atoms with Gasteiger partial charge >= 0.3 is 12.4 Å². The fourth-order valence-corrected chi connectivity index (χ4v) is 8.80. The van der Waals surface area contributed by atoms with Gasteiger partial charge in [0.2, 0.25) is 5.91 Å². The largest absolute Gasteiger partial charge is 0.435 e. The Bertz CT molecular complexity index is 2870. The van der Waals surface area contributed by atoms with Crippen LogP contribution < -0.4 is 11.1 Å². The number of benzene rings is 2. The molecule has 3 aliphatic rings. The molecule has 0 spiro atoms. The van der Waals surface area contributed by atoms with E-state index in [0.29, 0.717) is 10.7 Å². The van der Waals surface area contributed by atoms with E-state index in [9.17, 15) is 48.3 Å². The van der Waals surface area contributed by atoms with E-state index < -0.39 is 110 Å². The number of nitrogens with two attached hydrogens (primary N) is 1. The number of nitrogens with one attached hydrogen (secondary N) is 1. The minimum Gasteiger partial charge on any atom is -0.382 e. The number of anilines is 1. The van der Waals surface area contributed by atoms with Crippen molar-refractivity contribution < 1.29 is 57.1 Å². The second-order valence-corrected chi connectivity index (χ2v) is 19.0. The normalized spacial score (nSPS) is 20.7. The van der Waals surface area contributed by atoms with E-state index in [1.165, 1.54) is 38.1 Å². The number of hydrogen-bond donors (Lipinski definition) is 2. The molecule has 1 amide bonds. The molecule has 3 N–H and O–H groups in total. The Labute approximate surface area is 344 Å². The third-order valence-corrected chi connectivity index (χ3v) is 13.9. The number of nitrogens with zero attached hydrogens (tertiary/aromatic N) is 5. The van der Waals surface area contributed by atoms with Gasteiger partial charge in [-0.2, -0.15) is 45.3 Å². The van der Waals surface area contributed by atoms with Gasteiger partial charge in [-0.05, 0) is 74.9 Å². The Morgan fingerprint density at radius 3 is 2.23 bits per heavy atom. The van der Waals surface area contributed by atoms with Gasteiger partial charge in [0.05, 0.1) is 33.1 Å². The number of halogens is 11. The van der Waals surface area contributed by atoms with Crippen molar-refractivity contribution in [2.45, 2.75) is 80.7 Å². The van der Waals surface area contributed by atoms with Gasteiger partial charge in [0.15, 0.2) is 21.3 Å². The van der Waals surface area contributed by atoms with Crippen molar-refractivity contribution in [2.75, 3.05) is 12.0 Å². The summed E-state index contributed by atoms with van der Waals surface area (Å²) >= 11 is 6.39. The van der Waals surface area contributed by atoms with Crippen molar-refractivity contribution in [2.24, 2.45) is 5.41 Å². The maximum absolute atomic E-state index is 15.8. The number of alkyl halides is 8. The monoisotopic (exact) mass is 901 g/mol. The zero-order chi connectivity index (χ0) is 44.6. The highest BCUT2D eigenvalue weighted by atomic mass is 35.5. The molecule has 61 heavy (non-hydrogen) atoms. The van der Waals surface area contributed by atoms with Crippen LogP contribution in [0.25, 0.3) is 22.0 Å². The molecule has 2 saturated carbocycles. The number of sulfone groups is 1. The summed E-state index contributed by atoms with van der Waals surface area (Å²) in [4.78, 5) is 18.5. The van der Waals surface area contributed by atoms with Gasteiger partial charge in [0, 0.05) is 34.4 Å². The highest BCUT2D eigenvalue weighted by Crippen LogP contribution is 2.97. The number of carbonyl (C=O) groups excluding carboxylic acids is 1. The topological polar surface area (TPSA) is 138 Å². The molecule has 0 bridgehead atoms. The van der Waals surface area contributed by atoms with Crippen LogP contribution in [0.3, 0.4) is 0 Å². The van der Waals surface area contributed by atoms with E-state index in [0.717, 1.165) is 18.4 Å². The Morgan fingerprint density at radius 1 is 0.984 bits per heavy atom. The summed E-state index contributed by atoms with van der Waals surface area (Å²) in [6, 6.07) is 5.82. The van der Waals surface area contributed by atoms with Gasteiger partial charge in [-0.15, -0.1) is 0 Å². The predicted molar refractivity (Wildman–Crippen MR) is 200 cm³/mol. The van der Waals surface area contributed by atoms with Crippen LogP contribution in [-0.2, 0) is 51.7 Å². The van der Waals surface area contributed by atoms with Gasteiger partial charge in [-0.3, -0.25) is 14.2 Å². The quantitative estimate of drug-likeness (QED) is 0.114. The summed E-state index contributed by atoms with van der Waals surface area (Å²) in [6.45, 7) is -0.264. The summed E-state index contributed by atoms with van der Waals surface area (Å²) in [7, 11) is -3.80. The maximum Gasteiger partial charge on any atom is 0.435 e. The number of pyridine rings is 1. The maximum atomic E-state index is 15.8. The lowest BCUT2D eigenvalue weighted by Crippen LogP contribution is -2.36. The van der Waals surface area contributed by atoms with Gasteiger partial charge in [-0.25, -0.2) is 22.2 Å². The van der Waals surface area contributed by atoms with E-state index in [-0.39, 0.29) is 61.5 Å². The van der Waals surface area contributed by atoms with Crippen molar-refractivity contribution in [3.8, 4) is 23.0 Å². The zero-order valence-electron chi connectivity index (χ0n) is 31.8. The minimum atomic E-state index is -5.15. The summed E-state index contributed by atoms with van der Waals surface area (Å²) < 4.78 is 169. The van der Waals surface area contributed by atoms with E-state index in [4.69, 9.17) is 17.3 Å². The molecule has 10 nitrogen and oxygen atoms in total. The van der Waals surface area contributed by atoms with Crippen molar-refractivity contribution >= 4 is 44.1 Å². The van der Waals surface area contributed by atoms with Crippen LogP contribution in [0.4, 0.5) is 49.7 Å². The highest BCUT2D eigenvalue weighted by molar-refractivity contribution is 7.92. The van der Waals surface area contributed by atoms with E-state index in [1.54, 1.807) is 0 Å². The molecule has 0 saturated heterocycles. The predicted octanol–water partition coefficient (Wildman–Crippen LogP) is 7.80. The number of aromatic nitrogens is 5. The molecule has 3 aromatic heterocycles. The minimum absolute atomic E-state index is 0.0766. The van der Waals surface area contributed by atoms with E-state index >= 15 is 8.78 Å². The fourth-order valence-electron chi connectivity index (χ4n) is 8.31. The van der Waals surface area contributed by atoms with Gasteiger partial charge in [0.1, 0.15) is 40.9 Å². The molecule has 0 unspecified atom stereocenters. The molecule has 322 valence electrons. The van der Waals surface area contributed by atoms with Gasteiger partial charge in [0.25, 0.3) is 5.92 Å². The van der Waals surface area contributed by atoms with Crippen molar-refractivity contribution in [1.82, 2.24) is 29.9 Å². The second kappa shape index (κ2) is 13.3. The summed E-state index contributed by atoms with van der Waals surface area (Å²) in [5.41, 5.74) is -1.37.